The van der Waals surface area contributed by atoms with Crippen LogP contribution in [-0.2, 0) is 26.2 Å². The predicted octanol–water partition coefficient (Wildman–Crippen LogP) is 0.843. The molecule has 0 unspecified atom stereocenters. The summed E-state index contributed by atoms with van der Waals surface area (Å²) in [6.07, 6.45) is -2.28. The Morgan fingerprint density at radius 1 is 1.08 bits per heavy atom. The number of hydrogen-bond acceptors (Lipinski definition) is 10. The van der Waals surface area contributed by atoms with Crippen LogP contribution in [0, 0.1) is 0 Å². The van der Waals surface area contributed by atoms with Gasteiger partial charge in [-0.1, -0.05) is 24.3 Å². The molecule has 1 fully saturated rings. The molecule has 2 aliphatic carbocycles. The first-order valence-electron chi connectivity index (χ1n) is 12.6. The topological polar surface area (TPSA) is 135 Å². The van der Waals surface area contributed by atoms with Crippen LogP contribution in [0.1, 0.15) is 24.0 Å². The molecular formula is C28H29NO9. The molecule has 2 aromatic carbocycles. The van der Waals surface area contributed by atoms with E-state index in [1.54, 1.807) is 24.3 Å². The minimum absolute atomic E-state index is 0.108. The largest absolute Gasteiger partial charge is 0.493 e. The Bertz CT molecular complexity index is 1330. The van der Waals surface area contributed by atoms with E-state index in [1.165, 1.54) is 19.2 Å². The highest BCUT2D eigenvalue weighted by atomic mass is 16.6. The van der Waals surface area contributed by atoms with Gasteiger partial charge < -0.3 is 39.2 Å². The fraction of sp³-hybridized carbons (Fsp3) is 0.429. The van der Waals surface area contributed by atoms with Gasteiger partial charge in [0.1, 0.15) is 11.5 Å². The number of hydrogen-bond donors (Lipinski definition) is 3. The van der Waals surface area contributed by atoms with Gasteiger partial charge in [0.2, 0.25) is 0 Å². The Kier molecular flexibility index (Phi) is 5.76. The van der Waals surface area contributed by atoms with Crippen LogP contribution in [0.3, 0.4) is 0 Å². The van der Waals surface area contributed by atoms with Gasteiger partial charge in [-0.25, -0.2) is 9.59 Å². The highest BCUT2D eigenvalue weighted by Gasteiger charge is 2.72. The van der Waals surface area contributed by atoms with Crippen molar-refractivity contribution < 1.29 is 43.9 Å². The summed E-state index contributed by atoms with van der Waals surface area (Å²) in [4.78, 5) is 27.4. The quantitative estimate of drug-likeness (QED) is 0.369. The third kappa shape index (κ3) is 3.34. The first-order chi connectivity index (χ1) is 18.2. The normalized spacial score (nSPS) is 30.3. The summed E-state index contributed by atoms with van der Waals surface area (Å²) in [5.41, 5.74) is -0.191. The van der Waals surface area contributed by atoms with Crippen LogP contribution in [0.2, 0.25) is 0 Å². The number of piperidine rings is 1. The summed E-state index contributed by atoms with van der Waals surface area (Å²) in [6, 6.07) is 11.6. The second-order valence-electron chi connectivity index (χ2n) is 10.3. The average Bonchev–Trinajstić information content (AvgIpc) is 3.27. The molecule has 10 nitrogen and oxygen atoms in total. The summed E-state index contributed by atoms with van der Waals surface area (Å²) < 4.78 is 22.6. The Hall–Kier alpha value is -3.44. The van der Waals surface area contributed by atoms with Crippen molar-refractivity contribution in [2.45, 2.75) is 54.6 Å². The molecule has 0 saturated carbocycles. The molecule has 1 spiro atoms. The van der Waals surface area contributed by atoms with Crippen molar-refractivity contribution in [2.75, 3.05) is 20.7 Å². The van der Waals surface area contributed by atoms with Crippen molar-refractivity contribution in [3.8, 4) is 17.2 Å². The Balaban J connectivity index is 1.29. The molecule has 4 aliphatic rings. The molecule has 0 aromatic heterocycles. The van der Waals surface area contributed by atoms with Crippen LogP contribution in [-0.4, -0.2) is 82.8 Å². The predicted molar refractivity (Wildman–Crippen MR) is 132 cm³/mol. The number of carbonyl (C=O) groups excluding carboxylic acids is 2. The van der Waals surface area contributed by atoms with Crippen molar-refractivity contribution in [1.29, 1.82) is 0 Å². The fourth-order valence-corrected chi connectivity index (χ4v) is 6.69. The minimum atomic E-state index is -2.20. The number of para-hydroxylation sites is 1. The Labute approximate surface area is 219 Å². The van der Waals surface area contributed by atoms with Crippen molar-refractivity contribution in [1.82, 2.24) is 4.90 Å². The number of aliphatic hydroxyl groups is 3. The van der Waals surface area contributed by atoms with Gasteiger partial charge in [0.25, 0.3) is 0 Å². The fourth-order valence-electron chi connectivity index (χ4n) is 6.69. The molecule has 38 heavy (non-hydrogen) atoms. The van der Waals surface area contributed by atoms with E-state index in [1.807, 2.05) is 19.2 Å². The number of nitrogens with zero attached hydrogens (tertiary/aromatic N) is 1. The van der Waals surface area contributed by atoms with E-state index in [2.05, 4.69) is 4.90 Å². The van der Waals surface area contributed by atoms with Gasteiger partial charge in [-0.3, -0.25) is 0 Å². The number of esters is 2. The lowest BCUT2D eigenvalue weighted by Gasteiger charge is -2.61. The Morgan fingerprint density at radius 2 is 1.79 bits per heavy atom. The van der Waals surface area contributed by atoms with E-state index in [-0.39, 0.29) is 24.0 Å². The minimum Gasteiger partial charge on any atom is -0.493 e. The smallest absolute Gasteiger partial charge is 0.343 e. The van der Waals surface area contributed by atoms with E-state index < -0.39 is 41.3 Å². The van der Waals surface area contributed by atoms with Crippen LogP contribution in [0.25, 0.3) is 0 Å². The van der Waals surface area contributed by atoms with Gasteiger partial charge in [-0.15, -0.1) is 0 Å². The van der Waals surface area contributed by atoms with Crippen molar-refractivity contribution in [3.05, 3.63) is 65.4 Å². The zero-order valence-electron chi connectivity index (χ0n) is 21.0. The molecule has 2 bridgehead atoms. The lowest BCUT2D eigenvalue weighted by Crippen LogP contribution is -2.74. The number of carbonyl (C=O) groups is 2. The number of aliphatic hydroxyl groups excluding tert-OH is 2. The summed E-state index contributed by atoms with van der Waals surface area (Å²) in [5.74, 6) is -1.15. The molecule has 0 radical (unpaired) electrons. The van der Waals surface area contributed by atoms with Crippen LogP contribution in [0.5, 0.6) is 17.2 Å². The van der Waals surface area contributed by atoms with Crippen molar-refractivity contribution in [2.24, 2.45) is 0 Å². The molecule has 0 amide bonds. The maximum atomic E-state index is 12.9. The van der Waals surface area contributed by atoms with E-state index >= 15 is 0 Å². The van der Waals surface area contributed by atoms with Gasteiger partial charge in [-0.2, -0.15) is 0 Å². The lowest BCUT2D eigenvalue weighted by molar-refractivity contribution is -0.177. The molecule has 6 rings (SSSR count). The van der Waals surface area contributed by atoms with Crippen LogP contribution in [0.15, 0.2) is 54.3 Å². The molecule has 1 saturated heterocycles. The number of benzene rings is 2. The molecule has 200 valence electrons. The van der Waals surface area contributed by atoms with Gasteiger partial charge in [0, 0.05) is 18.0 Å². The number of likely N-dealkylation sites (tertiary alicyclic amines) is 1. The van der Waals surface area contributed by atoms with Crippen LogP contribution < -0.4 is 14.2 Å². The van der Waals surface area contributed by atoms with Crippen LogP contribution in [0.4, 0.5) is 0 Å². The third-order valence-corrected chi connectivity index (χ3v) is 8.52. The highest BCUT2D eigenvalue weighted by Crippen LogP contribution is 2.65. The second kappa shape index (κ2) is 8.81. The molecule has 3 N–H and O–H groups in total. The van der Waals surface area contributed by atoms with Gasteiger partial charge in [0.15, 0.2) is 29.8 Å². The number of ether oxygens (including phenoxy) is 4. The lowest BCUT2D eigenvalue weighted by atomic mass is 9.50. The summed E-state index contributed by atoms with van der Waals surface area (Å²) in [6.45, 7) is 0.691. The molecule has 2 aliphatic heterocycles. The highest BCUT2D eigenvalue weighted by molar-refractivity contribution is 5.86. The molecule has 6 atom stereocenters. The summed E-state index contributed by atoms with van der Waals surface area (Å²) in [5, 5.41) is 33.0. The second-order valence-corrected chi connectivity index (χ2v) is 10.3. The molecule has 2 aromatic rings. The zero-order chi connectivity index (χ0) is 26.8. The van der Waals surface area contributed by atoms with E-state index in [4.69, 9.17) is 18.9 Å². The molecule has 2 heterocycles. The monoisotopic (exact) mass is 523 g/mol. The first-order valence-corrected chi connectivity index (χ1v) is 12.6. The zero-order valence-corrected chi connectivity index (χ0v) is 21.0. The standard InChI is InChI=1S/C28H29NO9/c1-29-13-12-27-20-15-8-9-17(35-2)23(20)38-24(27)18(10-11-28(27,34)19(29)14-15)37-26(33)22(31)21(30)25(32)36-16-6-4-3-5-7-16/h3-10,19,21-22,24,30-31,34H,11-14H2,1-2H3/t19-,21-,22-,24+,27+,28-/m1/s1. The van der Waals surface area contributed by atoms with Crippen molar-refractivity contribution >= 4 is 11.9 Å². The summed E-state index contributed by atoms with van der Waals surface area (Å²) in [7, 11) is 3.53. The number of rotatable bonds is 6. The number of methoxy groups -OCH3 is 1. The van der Waals surface area contributed by atoms with Gasteiger partial charge in [0.05, 0.1) is 18.1 Å². The van der Waals surface area contributed by atoms with E-state index in [0.717, 1.165) is 11.1 Å². The SMILES string of the molecule is COc1ccc2c3c1O[C@H]1C(OC(=O)[C@H](O)[C@@H](O)C(=O)Oc4ccccc4)=CC[C@@]4(O)[C@@H](C2)N(C)CC[C@]314. The maximum Gasteiger partial charge on any atom is 0.343 e. The first kappa shape index (κ1) is 24.9. The van der Waals surface area contributed by atoms with Gasteiger partial charge in [-0.05, 0) is 56.3 Å². The maximum absolute atomic E-state index is 12.9. The van der Waals surface area contributed by atoms with Crippen molar-refractivity contribution in [3.63, 3.8) is 0 Å². The van der Waals surface area contributed by atoms with E-state index in [0.29, 0.717) is 30.9 Å². The third-order valence-electron chi connectivity index (χ3n) is 8.52. The number of likely N-dealkylation sites (N-methyl/N-ethyl adjacent to an activating group) is 1. The van der Waals surface area contributed by atoms with Crippen LogP contribution >= 0.6 is 0 Å². The molecular weight excluding hydrogens is 494 g/mol. The summed E-state index contributed by atoms with van der Waals surface area (Å²) >= 11 is 0. The molecule has 10 heteroatoms. The van der Waals surface area contributed by atoms with E-state index in [9.17, 15) is 24.9 Å². The van der Waals surface area contributed by atoms with Gasteiger partial charge >= 0.3 is 11.9 Å². The average molecular weight is 524 g/mol. The Morgan fingerprint density at radius 3 is 2.50 bits per heavy atom.